The summed E-state index contributed by atoms with van der Waals surface area (Å²) in [6, 6.07) is 7.58. The third kappa shape index (κ3) is 4.05. The van der Waals surface area contributed by atoms with E-state index < -0.39 is 4.92 Å². The number of likely N-dealkylation sites (tertiary alicyclic amines) is 1. The second-order valence-electron chi connectivity index (χ2n) is 5.82. The molecule has 1 fully saturated rings. The van der Waals surface area contributed by atoms with Crippen molar-refractivity contribution in [2.24, 2.45) is 0 Å². The minimum absolute atomic E-state index is 0.103. The van der Waals surface area contributed by atoms with E-state index in [4.69, 9.17) is 9.47 Å². The van der Waals surface area contributed by atoms with Gasteiger partial charge in [-0.3, -0.25) is 14.9 Å². The van der Waals surface area contributed by atoms with Crippen molar-refractivity contribution in [3.05, 3.63) is 52.2 Å². The number of methoxy groups -OCH3 is 1. The number of carbonyl (C=O) groups excluding carboxylic acids is 1. The molecule has 1 aliphatic heterocycles. The summed E-state index contributed by atoms with van der Waals surface area (Å²) < 4.78 is 10.8. The van der Waals surface area contributed by atoms with Crippen LogP contribution < -0.4 is 9.47 Å². The van der Waals surface area contributed by atoms with E-state index in [1.54, 1.807) is 17.0 Å². The normalized spacial score (nSPS) is 16.8. The summed E-state index contributed by atoms with van der Waals surface area (Å²) >= 11 is 0. The van der Waals surface area contributed by atoms with Gasteiger partial charge in [0.2, 0.25) is 5.88 Å². The SMILES string of the molecule is COc1nccc(OC2CCCN(C(=O)c3cccc([N+](=O)[O-])c3)C2)n1. The zero-order valence-corrected chi connectivity index (χ0v) is 14.2. The number of nitrogens with zero attached hydrogens (tertiary/aromatic N) is 4. The number of nitro groups is 1. The molecule has 1 saturated heterocycles. The third-order valence-electron chi connectivity index (χ3n) is 4.05. The van der Waals surface area contributed by atoms with E-state index in [2.05, 4.69) is 9.97 Å². The van der Waals surface area contributed by atoms with Gasteiger partial charge in [0.25, 0.3) is 11.6 Å². The molecule has 1 aliphatic rings. The van der Waals surface area contributed by atoms with Crippen LogP contribution in [0.4, 0.5) is 5.69 Å². The molecule has 1 aromatic heterocycles. The van der Waals surface area contributed by atoms with Crippen LogP contribution >= 0.6 is 0 Å². The predicted molar refractivity (Wildman–Crippen MR) is 91.2 cm³/mol. The first-order chi connectivity index (χ1) is 12.6. The van der Waals surface area contributed by atoms with Crippen molar-refractivity contribution in [1.82, 2.24) is 14.9 Å². The summed E-state index contributed by atoms with van der Waals surface area (Å²) in [6.45, 7) is 0.961. The Labute approximate surface area is 149 Å². The Kier molecular flexibility index (Phi) is 5.26. The molecule has 136 valence electrons. The van der Waals surface area contributed by atoms with Crippen LogP contribution in [0.3, 0.4) is 0 Å². The van der Waals surface area contributed by atoms with Crippen LogP contribution in [0.5, 0.6) is 11.9 Å². The molecule has 1 aromatic carbocycles. The minimum Gasteiger partial charge on any atom is -0.472 e. The Bertz CT molecular complexity index is 813. The highest BCUT2D eigenvalue weighted by Gasteiger charge is 2.26. The molecule has 9 nitrogen and oxygen atoms in total. The number of piperidine rings is 1. The maximum Gasteiger partial charge on any atom is 0.319 e. The largest absolute Gasteiger partial charge is 0.472 e. The van der Waals surface area contributed by atoms with Crippen molar-refractivity contribution >= 4 is 11.6 Å². The van der Waals surface area contributed by atoms with Gasteiger partial charge in [-0.15, -0.1) is 0 Å². The zero-order chi connectivity index (χ0) is 18.5. The standard InChI is InChI=1S/C17H18N4O5/c1-25-17-18-8-7-15(19-17)26-14-6-3-9-20(11-14)16(22)12-4-2-5-13(10-12)21(23)24/h2,4-5,7-8,10,14H,3,6,9,11H2,1H3. The third-order valence-corrected chi connectivity index (χ3v) is 4.05. The van der Waals surface area contributed by atoms with E-state index in [1.807, 2.05) is 0 Å². The Hall–Kier alpha value is -3.23. The van der Waals surface area contributed by atoms with Crippen LogP contribution in [-0.4, -0.2) is 52.0 Å². The monoisotopic (exact) mass is 358 g/mol. The Morgan fingerprint density at radius 2 is 2.23 bits per heavy atom. The molecule has 1 unspecified atom stereocenters. The molecule has 1 atom stereocenters. The number of nitro benzene ring substituents is 1. The van der Waals surface area contributed by atoms with Crippen molar-refractivity contribution in [2.45, 2.75) is 18.9 Å². The second-order valence-corrected chi connectivity index (χ2v) is 5.82. The molecule has 3 rings (SSSR count). The van der Waals surface area contributed by atoms with Gasteiger partial charge in [0.15, 0.2) is 0 Å². The van der Waals surface area contributed by atoms with Gasteiger partial charge in [-0.1, -0.05) is 6.07 Å². The maximum atomic E-state index is 12.7. The van der Waals surface area contributed by atoms with Crippen LogP contribution in [0.15, 0.2) is 36.5 Å². The molecule has 0 bridgehead atoms. The molecule has 1 amide bonds. The van der Waals surface area contributed by atoms with Gasteiger partial charge in [0, 0.05) is 36.5 Å². The Morgan fingerprint density at radius 3 is 3.00 bits per heavy atom. The van der Waals surface area contributed by atoms with Gasteiger partial charge in [0.1, 0.15) is 6.10 Å². The topological polar surface area (TPSA) is 108 Å². The second kappa shape index (κ2) is 7.77. The summed E-state index contributed by atoms with van der Waals surface area (Å²) in [5.41, 5.74) is 0.192. The van der Waals surface area contributed by atoms with Crippen molar-refractivity contribution in [3.63, 3.8) is 0 Å². The molecule has 2 aromatic rings. The number of amides is 1. The molecule has 0 radical (unpaired) electrons. The average Bonchev–Trinajstić information content (AvgIpc) is 2.68. The highest BCUT2D eigenvalue weighted by molar-refractivity contribution is 5.94. The molecular weight excluding hydrogens is 340 g/mol. The first-order valence-electron chi connectivity index (χ1n) is 8.14. The van der Waals surface area contributed by atoms with Crippen molar-refractivity contribution in [2.75, 3.05) is 20.2 Å². The summed E-state index contributed by atoms with van der Waals surface area (Å²) in [5.74, 6) is 0.133. The lowest BCUT2D eigenvalue weighted by Gasteiger charge is -2.32. The molecular formula is C17H18N4O5. The number of hydrogen-bond acceptors (Lipinski definition) is 7. The van der Waals surface area contributed by atoms with Crippen LogP contribution in [0.2, 0.25) is 0 Å². The molecule has 0 saturated carbocycles. The lowest BCUT2D eigenvalue weighted by atomic mass is 10.1. The minimum atomic E-state index is -0.513. The first-order valence-corrected chi connectivity index (χ1v) is 8.14. The molecule has 2 heterocycles. The maximum absolute atomic E-state index is 12.7. The van der Waals surface area contributed by atoms with Crippen LogP contribution in [0.25, 0.3) is 0 Å². The van der Waals surface area contributed by atoms with Crippen LogP contribution in [0, 0.1) is 10.1 Å². The number of aromatic nitrogens is 2. The Balaban J connectivity index is 1.68. The van der Waals surface area contributed by atoms with Gasteiger partial charge in [-0.25, -0.2) is 4.98 Å². The van der Waals surface area contributed by atoms with Gasteiger partial charge >= 0.3 is 6.01 Å². The lowest BCUT2D eigenvalue weighted by Crippen LogP contribution is -2.44. The molecule has 9 heteroatoms. The van der Waals surface area contributed by atoms with E-state index in [1.165, 1.54) is 31.5 Å². The van der Waals surface area contributed by atoms with E-state index in [0.717, 1.165) is 12.8 Å². The summed E-state index contributed by atoms with van der Waals surface area (Å²) in [5, 5.41) is 10.9. The van der Waals surface area contributed by atoms with Gasteiger partial charge < -0.3 is 14.4 Å². The van der Waals surface area contributed by atoms with Gasteiger partial charge in [0.05, 0.1) is 18.6 Å². The zero-order valence-electron chi connectivity index (χ0n) is 14.2. The number of carbonyl (C=O) groups is 1. The van der Waals surface area contributed by atoms with Crippen molar-refractivity contribution in [3.8, 4) is 11.9 Å². The molecule has 0 N–H and O–H groups in total. The predicted octanol–water partition coefficient (Wildman–Crippen LogP) is 2.08. The summed E-state index contributed by atoms with van der Waals surface area (Å²) in [4.78, 5) is 32.7. The molecule has 0 spiro atoms. The fraction of sp³-hybridized carbons (Fsp3) is 0.353. The number of rotatable bonds is 5. The summed E-state index contributed by atoms with van der Waals surface area (Å²) in [6.07, 6.45) is 2.88. The fourth-order valence-electron chi connectivity index (χ4n) is 2.81. The van der Waals surface area contributed by atoms with E-state index in [0.29, 0.717) is 24.5 Å². The first kappa shape index (κ1) is 17.6. The number of benzene rings is 1. The number of ether oxygens (including phenoxy) is 2. The lowest BCUT2D eigenvalue weighted by molar-refractivity contribution is -0.384. The van der Waals surface area contributed by atoms with E-state index in [9.17, 15) is 14.9 Å². The van der Waals surface area contributed by atoms with Crippen LogP contribution in [0.1, 0.15) is 23.2 Å². The number of non-ortho nitro benzene ring substituents is 1. The van der Waals surface area contributed by atoms with Crippen LogP contribution in [-0.2, 0) is 0 Å². The van der Waals surface area contributed by atoms with Crippen molar-refractivity contribution in [1.29, 1.82) is 0 Å². The molecule has 26 heavy (non-hydrogen) atoms. The smallest absolute Gasteiger partial charge is 0.319 e. The van der Waals surface area contributed by atoms with E-state index in [-0.39, 0.29) is 23.7 Å². The number of hydrogen-bond donors (Lipinski definition) is 0. The molecule has 0 aliphatic carbocycles. The fourth-order valence-corrected chi connectivity index (χ4v) is 2.81. The van der Waals surface area contributed by atoms with E-state index >= 15 is 0 Å². The average molecular weight is 358 g/mol. The summed E-state index contributed by atoms with van der Waals surface area (Å²) in [7, 11) is 1.47. The highest BCUT2D eigenvalue weighted by atomic mass is 16.6. The van der Waals surface area contributed by atoms with Gasteiger partial charge in [-0.05, 0) is 18.9 Å². The van der Waals surface area contributed by atoms with Gasteiger partial charge in [-0.2, -0.15) is 4.98 Å². The highest BCUT2D eigenvalue weighted by Crippen LogP contribution is 2.21. The van der Waals surface area contributed by atoms with Crippen molar-refractivity contribution < 1.29 is 19.2 Å². The quantitative estimate of drug-likeness (QED) is 0.595. The Morgan fingerprint density at radius 1 is 1.38 bits per heavy atom.